The van der Waals surface area contributed by atoms with Crippen molar-refractivity contribution < 1.29 is 22.8 Å². The van der Waals surface area contributed by atoms with Crippen LogP contribution in [-0.4, -0.2) is 42.4 Å². The molecule has 1 aliphatic carbocycles. The minimum absolute atomic E-state index is 0.0101. The second-order valence-corrected chi connectivity index (χ2v) is 7.89. The molecule has 2 aliphatic rings. The van der Waals surface area contributed by atoms with Gasteiger partial charge in [-0.1, -0.05) is 29.8 Å². The van der Waals surface area contributed by atoms with Crippen LogP contribution in [0.25, 0.3) is 0 Å². The molecule has 0 unspecified atom stereocenters. The minimum atomic E-state index is -4.41. The van der Waals surface area contributed by atoms with Crippen molar-refractivity contribution in [2.75, 3.05) is 19.6 Å². The number of halogens is 3. The number of allylic oxidation sites excluding steroid dienone is 1. The lowest BCUT2D eigenvalue weighted by Crippen LogP contribution is -2.56. The van der Waals surface area contributed by atoms with Crippen molar-refractivity contribution in [3.05, 3.63) is 47.0 Å². The first-order valence-corrected chi connectivity index (χ1v) is 10.5. The zero-order valence-electron chi connectivity index (χ0n) is 16.9. The molecule has 1 heterocycles. The molecule has 30 heavy (non-hydrogen) atoms. The molecule has 5 nitrogen and oxygen atoms in total. The van der Waals surface area contributed by atoms with Gasteiger partial charge in [0, 0.05) is 26.2 Å². The number of carbonyl (C=O) groups is 2. The molecule has 8 heteroatoms. The Labute approximate surface area is 174 Å². The largest absolute Gasteiger partial charge is 0.416 e. The van der Waals surface area contributed by atoms with E-state index in [1.54, 1.807) is 11.0 Å². The maximum Gasteiger partial charge on any atom is 0.416 e. The summed E-state index contributed by atoms with van der Waals surface area (Å²) in [4.78, 5) is 26.5. The zero-order chi connectivity index (χ0) is 21.6. The summed E-state index contributed by atoms with van der Waals surface area (Å²) >= 11 is 0. The maximum atomic E-state index is 13.0. The van der Waals surface area contributed by atoms with Crippen LogP contribution < -0.4 is 10.6 Å². The molecule has 0 spiro atoms. The van der Waals surface area contributed by atoms with Crippen LogP contribution in [0.1, 0.15) is 49.7 Å². The van der Waals surface area contributed by atoms with E-state index in [1.807, 2.05) is 0 Å². The van der Waals surface area contributed by atoms with Gasteiger partial charge < -0.3 is 10.6 Å². The quantitative estimate of drug-likeness (QED) is 0.661. The maximum absolute atomic E-state index is 13.0. The van der Waals surface area contributed by atoms with Gasteiger partial charge in [-0.25, -0.2) is 0 Å². The van der Waals surface area contributed by atoms with E-state index in [0.29, 0.717) is 25.2 Å². The van der Waals surface area contributed by atoms with Crippen molar-refractivity contribution in [1.82, 2.24) is 15.5 Å². The van der Waals surface area contributed by atoms with Crippen LogP contribution in [-0.2, 0) is 22.3 Å². The van der Waals surface area contributed by atoms with Crippen LogP contribution in [0.3, 0.4) is 0 Å². The number of hydrogen-bond donors (Lipinski definition) is 2. The van der Waals surface area contributed by atoms with E-state index in [-0.39, 0.29) is 24.8 Å². The summed E-state index contributed by atoms with van der Waals surface area (Å²) < 4.78 is 38.9. The Balaban J connectivity index is 1.57. The van der Waals surface area contributed by atoms with E-state index in [0.717, 1.165) is 31.4 Å². The van der Waals surface area contributed by atoms with E-state index in [1.165, 1.54) is 24.5 Å². The lowest BCUT2D eigenvalue weighted by Gasteiger charge is -2.34. The summed E-state index contributed by atoms with van der Waals surface area (Å²) in [5.74, 6) is -0.485. The molecule has 1 atom stereocenters. The Hall–Kier alpha value is -2.35. The number of piperazine rings is 1. The highest BCUT2D eigenvalue weighted by atomic mass is 19.4. The first-order valence-electron chi connectivity index (χ1n) is 10.5. The van der Waals surface area contributed by atoms with Crippen LogP contribution in [0.4, 0.5) is 13.2 Å². The first-order chi connectivity index (χ1) is 14.3. The minimum Gasteiger partial charge on any atom is -0.356 e. The monoisotopic (exact) mass is 423 g/mol. The summed E-state index contributed by atoms with van der Waals surface area (Å²) in [5, 5.41) is 5.62. The number of alkyl halides is 3. The molecule has 1 aromatic rings. The van der Waals surface area contributed by atoms with Crippen molar-refractivity contribution in [3.8, 4) is 0 Å². The summed E-state index contributed by atoms with van der Waals surface area (Å²) in [7, 11) is 0. The zero-order valence-corrected chi connectivity index (χ0v) is 16.9. The van der Waals surface area contributed by atoms with Gasteiger partial charge in [0.2, 0.25) is 11.8 Å². The topological polar surface area (TPSA) is 61.4 Å². The third-order valence-corrected chi connectivity index (χ3v) is 5.61. The van der Waals surface area contributed by atoms with Crippen LogP contribution in [0.15, 0.2) is 35.9 Å². The second kappa shape index (κ2) is 10.1. The molecule has 2 amide bonds. The average molecular weight is 423 g/mol. The first kappa shape index (κ1) is 22.3. The van der Waals surface area contributed by atoms with Crippen LogP contribution in [0.2, 0.25) is 0 Å². The third-order valence-electron chi connectivity index (χ3n) is 5.61. The Kier molecular flexibility index (Phi) is 7.53. The van der Waals surface area contributed by atoms with E-state index < -0.39 is 17.8 Å². The van der Waals surface area contributed by atoms with Crippen molar-refractivity contribution in [2.45, 2.75) is 57.3 Å². The molecular weight excluding hydrogens is 395 g/mol. The summed E-state index contributed by atoms with van der Waals surface area (Å²) in [6.45, 7) is 1.60. The summed E-state index contributed by atoms with van der Waals surface area (Å²) in [6.07, 6.45) is 3.20. The van der Waals surface area contributed by atoms with Crippen LogP contribution in [0, 0.1) is 0 Å². The Morgan fingerprint density at radius 2 is 2.10 bits per heavy atom. The number of hydrogen-bond acceptors (Lipinski definition) is 3. The molecule has 1 saturated heterocycles. The predicted molar refractivity (Wildman–Crippen MR) is 107 cm³/mol. The van der Waals surface area contributed by atoms with Crippen molar-refractivity contribution in [3.63, 3.8) is 0 Å². The van der Waals surface area contributed by atoms with E-state index in [4.69, 9.17) is 0 Å². The Bertz CT molecular complexity index is 792. The van der Waals surface area contributed by atoms with Crippen molar-refractivity contribution >= 4 is 11.8 Å². The highest BCUT2D eigenvalue weighted by Crippen LogP contribution is 2.30. The van der Waals surface area contributed by atoms with Gasteiger partial charge in [-0.15, -0.1) is 0 Å². The van der Waals surface area contributed by atoms with Gasteiger partial charge in [0.25, 0.3) is 0 Å². The number of amides is 2. The SMILES string of the molecule is O=C(C[C@@H]1C(=O)NCCN1Cc1cccc(C(F)(F)F)c1)NCCC1=CCCCC1. The standard InChI is InChI=1S/C22H28F3N3O2/c23-22(24,25)18-8-4-7-17(13-18)15-28-12-11-27-21(30)19(28)14-20(29)26-10-9-16-5-2-1-3-6-16/h4-5,7-8,13,19H,1-3,6,9-12,14-15H2,(H,26,29)(H,27,30)/t19-/m1/s1. The lowest BCUT2D eigenvalue weighted by molar-refractivity contribution is -0.137. The molecule has 0 bridgehead atoms. The molecule has 2 N–H and O–H groups in total. The molecule has 1 aliphatic heterocycles. The van der Waals surface area contributed by atoms with Crippen LogP contribution >= 0.6 is 0 Å². The normalized spacial score (nSPS) is 20.4. The smallest absolute Gasteiger partial charge is 0.356 e. The van der Waals surface area contributed by atoms with Gasteiger partial charge in [-0.2, -0.15) is 13.2 Å². The lowest BCUT2D eigenvalue weighted by atomic mass is 9.97. The number of rotatable bonds is 7. The summed E-state index contributed by atoms with van der Waals surface area (Å²) in [6, 6.07) is 4.41. The number of nitrogens with zero attached hydrogens (tertiary/aromatic N) is 1. The highest BCUT2D eigenvalue weighted by Gasteiger charge is 2.33. The number of carbonyl (C=O) groups excluding carboxylic acids is 2. The Morgan fingerprint density at radius 1 is 1.27 bits per heavy atom. The fourth-order valence-corrected chi connectivity index (χ4v) is 4.00. The molecule has 1 fully saturated rings. The fraction of sp³-hybridized carbons (Fsp3) is 0.545. The van der Waals surface area contributed by atoms with Crippen molar-refractivity contribution in [2.24, 2.45) is 0 Å². The van der Waals surface area contributed by atoms with Gasteiger partial charge in [-0.05, 0) is 43.7 Å². The average Bonchev–Trinajstić information content (AvgIpc) is 2.71. The van der Waals surface area contributed by atoms with Gasteiger partial charge in [0.05, 0.1) is 18.0 Å². The molecule has 0 aromatic heterocycles. The molecule has 0 radical (unpaired) electrons. The number of nitrogens with one attached hydrogen (secondary N) is 2. The molecule has 164 valence electrons. The van der Waals surface area contributed by atoms with E-state index >= 15 is 0 Å². The molecular formula is C22H28F3N3O2. The van der Waals surface area contributed by atoms with E-state index in [9.17, 15) is 22.8 Å². The molecule has 3 rings (SSSR count). The van der Waals surface area contributed by atoms with Gasteiger partial charge in [-0.3, -0.25) is 14.5 Å². The summed E-state index contributed by atoms with van der Waals surface area (Å²) in [5.41, 5.74) is 1.12. The number of benzene rings is 1. The van der Waals surface area contributed by atoms with Gasteiger partial charge in [0.1, 0.15) is 0 Å². The third kappa shape index (κ3) is 6.32. The highest BCUT2D eigenvalue weighted by molar-refractivity contribution is 5.88. The van der Waals surface area contributed by atoms with Gasteiger partial charge in [0.15, 0.2) is 0 Å². The van der Waals surface area contributed by atoms with Crippen LogP contribution in [0.5, 0.6) is 0 Å². The fourth-order valence-electron chi connectivity index (χ4n) is 4.00. The molecule has 1 aromatic carbocycles. The van der Waals surface area contributed by atoms with Gasteiger partial charge >= 0.3 is 6.18 Å². The Morgan fingerprint density at radius 3 is 2.83 bits per heavy atom. The molecule has 0 saturated carbocycles. The van der Waals surface area contributed by atoms with Crippen molar-refractivity contribution in [1.29, 1.82) is 0 Å². The van der Waals surface area contributed by atoms with E-state index in [2.05, 4.69) is 16.7 Å². The second-order valence-electron chi connectivity index (χ2n) is 7.89. The predicted octanol–water partition coefficient (Wildman–Crippen LogP) is 3.40.